The van der Waals surface area contributed by atoms with E-state index in [1.54, 1.807) is 0 Å². The summed E-state index contributed by atoms with van der Waals surface area (Å²) in [4.78, 5) is 48.3. The standard InChI is InChI=1S/C29H30Cl2N2O4.C28H28Cl2N2O4.C19H20Cl2N2O2.C10H11BrO2.C9H9BrO2.HI/c1-35-26(34)12-7-17-5-10-20(11-6-17)33-15-19-13-21(33)14-25(19)36-16-22-28(32-37-29(22)18-8-9-18)27-23(30)3-2-4-24(27)31;29-22-2-1-3-23(30)26(22)27-21(28(36-31-27)17-7-8-17)15-35-24-13-20-12-18(24)14-32(20)19-9-4-16(5-10-19)6-11-25(33)34;20-14-2-1-3-15(21)17(14)18-13(19(25-23-18)10-4-5-10)9-24-16-7-12-6-11(16)8-22-12;1-13-10(12)7-4-8-2-5-9(11)6-3-8;10-8-4-1-7(2-5-8)3-6-9(11)12;/h2-6,10-11,18-19,21,25H,7-9,12-16H2,1H3;1-5,9-10,17-18,20,24H,6-8,11-15H2,(H,33,34);1-3,10-12,16,22H,4-9H2;2-3,5-6H,4,7H2,1H3;1-2,4-5H,3,6H2,(H,11,12);1H/t19-,21-,25+;18-,20-,24+;11-,12-,16+;;;/m000.../s1. The van der Waals surface area contributed by atoms with Crippen LogP contribution in [-0.4, -0.2) is 120 Å². The number of methoxy groups -OCH3 is 2. The molecule has 3 saturated heterocycles. The molecule has 3 aromatic heterocycles. The van der Waals surface area contributed by atoms with Crippen molar-refractivity contribution in [1.82, 2.24) is 20.8 Å². The summed E-state index contributed by atoms with van der Waals surface area (Å²) in [7, 11) is 2.83. The number of hydrogen-bond donors (Lipinski definition) is 3. The van der Waals surface area contributed by atoms with Crippen LogP contribution in [0.25, 0.3) is 33.8 Å². The number of nitrogens with one attached hydrogen (secondary N) is 1. The van der Waals surface area contributed by atoms with Crippen molar-refractivity contribution in [3.05, 3.63) is 247 Å². The number of rotatable bonds is 29. The van der Waals surface area contributed by atoms with Crippen LogP contribution in [0.1, 0.15) is 177 Å². The highest BCUT2D eigenvalue weighted by Gasteiger charge is 2.48. The molecule has 9 fully saturated rings. The minimum Gasteiger partial charge on any atom is -0.481 e. The van der Waals surface area contributed by atoms with Crippen molar-refractivity contribution in [1.29, 1.82) is 0 Å². The lowest BCUT2D eigenvalue weighted by molar-refractivity contribution is -0.141. The Kier molecular flexibility index (Phi) is 32.5. The van der Waals surface area contributed by atoms with Gasteiger partial charge in [-0.1, -0.05) is 184 Å². The molecule has 124 heavy (non-hydrogen) atoms. The normalized spacial score (nSPS) is 21.0. The lowest BCUT2D eigenvalue weighted by atomic mass is 10.0. The third kappa shape index (κ3) is 23.7. The van der Waals surface area contributed by atoms with Gasteiger partial charge in [-0.05, 0) is 216 Å². The van der Waals surface area contributed by atoms with Crippen LogP contribution in [0.5, 0.6) is 0 Å². The van der Waals surface area contributed by atoms with E-state index in [0.29, 0.717) is 164 Å². The molecular weight excluding hydrogens is 1950 g/mol. The zero-order valence-electron chi connectivity index (χ0n) is 68.7. The predicted octanol–water partition coefficient (Wildman–Crippen LogP) is 24.0. The highest BCUT2D eigenvalue weighted by atomic mass is 127. The molecule has 0 spiro atoms. The minimum atomic E-state index is -0.764. The second kappa shape index (κ2) is 43.4. The van der Waals surface area contributed by atoms with Crippen molar-refractivity contribution < 1.29 is 66.6 Å². The third-order valence-corrected chi connectivity index (χ3v) is 27.7. The van der Waals surface area contributed by atoms with E-state index in [1.165, 1.54) is 32.0 Å². The molecule has 6 bridgehead atoms. The maximum Gasteiger partial charge on any atom is 0.305 e. The van der Waals surface area contributed by atoms with E-state index in [-0.39, 0.29) is 61.0 Å². The zero-order valence-corrected chi connectivity index (χ0v) is 78.7. The van der Waals surface area contributed by atoms with Crippen LogP contribution in [0.2, 0.25) is 30.1 Å². The maximum atomic E-state index is 11.4. The Balaban J connectivity index is 0.000000134. The number of carbonyl (C=O) groups is 4. The smallest absolute Gasteiger partial charge is 0.305 e. The Hall–Kier alpha value is -7.08. The average molecular weight is 2050 g/mol. The molecule has 6 heterocycles. The van der Waals surface area contributed by atoms with Crippen molar-refractivity contribution in [2.24, 2.45) is 17.8 Å². The predicted molar refractivity (Wildman–Crippen MR) is 499 cm³/mol. The van der Waals surface area contributed by atoms with Crippen LogP contribution in [0, 0.1) is 17.8 Å². The summed E-state index contributed by atoms with van der Waals surface area (Å²) in [5.41, 5.74) is 14.1. The number of carbonyl (C=O) groups excluding carboxylic acids is 2. The van der Waals surface area contributed by atoms with Crippen molar-refractivity contribution in [3.8, 4) is 33.8 Å². The maximum absolute atomic E-state index is 11.4. The van der Waals surface area contributed by atoms with E-state index < -0.39 is 11.9 Å². The van der Waals surface area contributed by atoms with Gasteiger partial charge < -0.3 is 62.6 Å². The number of ether oxygens (including phenoxy) is 5. The Morgan fingerprint density at radius 1 is 0.419 bits per heavy atom. The Bertz CT molecular complexity index is 5260. The van der Waals surface area contributed by atoms with Gasteiger partial charge in [-0.25, -0.2) is 0 Å². The first-order valence-corrected chi connectivity index (χ1v) is 46.1. The van der Waals surface area contributed by atoms with E-state index in [0.717, 1.165) is 173 Å². The topological polar surface area (TPSA) is 251 Å². The van der Waals surface area contributed by atoms with Crippen molar-refractivity contribution >= 4 is 161 Å². The number of anilines is 2. The molecule has 656 valence electrons. The van der Waals surface area contributed by atoms with Gasteiger partial charge in [0, 0.05) is 147 Å². The number of esters is 2. The largest absolute Gasteiger partial charge is 0.481 e. The molecule has 20 nitrogen and oxygen atoms in total. The van der Waals surface area contributed by atoms with Crippen LogP contribution in [-0.2, 0) is 88.4 Å². The third-order valence-electron chi connectivity index (χ3n) is 24.8. The van der Waals surface area contributed by atoms with Gasteiger partial charge >= 0.3 is 23.9 Å². The number of aliphatic carboxylic acids is 2. The molecule has 7 aromatic carbocycles. The lowest BCUT2D eigenvalue weighted by Gasteiger charge is -2.33. The summed E-state index contributed by atoms with van der Waals surface area (Å²) in [5.74, 6) is 3.78. The number of hydrogen-bond acceptors (Lipinski definition) is 18. The number of benzene rings is 7. The first kappa shape index (κ1) is 93.1. The Labute approximate surface area is 785 Å². The number of nitrogens with zero attached hydrogens (tertiary/aromatic N) is 5. The number of carboxylic acid groups (broad SMARTS) is 2. The molecule has 6 aliphatic carbocycles. The molecule has 3 aliphatic heterocycles. The average Bonchev–Trinajstić information content (AvgIpc) is 1.63. The second-order valence-electron chi connectivity index (χ2n) is 33.2. The summed E-state index contributed by atoms with van der Waals surface area (Å²) in [5, 5.41) is 37.4. The molecule has 0 unspecified atom stereocenters. The van der Waals surface area contributed by atoms with E-state index in [2.05, 4.69) is 104 Å². The molecule has 0 amide bonds. The summed E-state index contributed by atoms with van der Waals surface area (Å²) >= 11 is 45.5. The molecule has 3 N–H and O–H groups in total. The van der Waals surface area contributed by atoms with E-state index in [1.807, 2.05) is 115 Å². The fourth-order valence-electron chi connectivity index (χ4n) is 17.8. The summed E-state index contributed by atoms with van der Waals surface area (Å²) in [6.07, 6.45) is 17.8. The summed E-state index contributed by atoms with van der Waals surface area (Å²) in [6, 6.07) is 50.5. The molecule has 0 radical (unpaired) electrons. The van der Waals surface area contributed by atoms with E-state index in [4.69, 9.17) is 112 Å². The van der Waals surface area contributed by atoms with Gasteiger partial charge in [0.2, 0.25) is 0 Å². The molecule has 10 aromatic rings. The number of fused-ring (bicyclic) bond motifs is 6. The fourth-order valence-corrected chi connectivity index (χ4v) is 20.0. The van der Waals surface area contributed by atoms with Crippen LogP contribution >= 0.6 is 125 Å². The monoisotopic (exact) mass is 2040 g/mol. The van der Waals surface area contributed by atoms with E-state index >= 15 is 0 Å². The molecule has 29 heteroatoms. The van der Waals surface area contributed by atoms with Gasteiger partial charge in [0.05, 0.1) is 82.5 Å². The number of carboxylic acids is 2. The number of halogens is 9. The molecule has 9 aliphatic rings. The highest BCUT2D eigenvalue weighted by molar-refractivity contribution is 14.0. The molecule has 9 atom stereocenters. The van der Waals surface area contributed by atoms with Gasteiger partial charge in [0.25, 0.3) is 0 Å². The number of aryl methyl sites for hydroxylation is 4. The van der Waals surface area contributed by atoms with Crippen LogP contribution in [0.4, 0.5) is 11.4 Å². The molecular formula is C95H99Br2Cl6IN6O14. The first-order valence-electron chi connectivity index (χ1n) is 42.2. The van der Waals surface area contributed by atoms with E-state index in [9.17, 15) is 19.2 Å². The second-order valence-corrected chi connectivity index (χ2v) is 37.5. The summed E-state index contributed by atoms with van der Waals surface area (Å²) < 4.78 is 48.0. The van der Waals surface area contributed by atoms with Gasteiger partial charge in [0.1, 0.15) is 34.4 Å². The quantitative estimate of drug-likeness (QED) is 0.0291. The van der Waals surface area contributed by atoms with Crippen molar-refractivity contribution in [3.63, 3.8) is 0 Å². The van der Waals surface area contributed by atoms with Gasteiger partial charge in [-0.15, -0.1) is 24.0 Å². The number of piperidine rings is 3. The minimum absolute atomic E-state index is 0. The van der Waals surface area contributed by atoms with Crippen molar-refractivity contribution in [2.45, 2.75) is 202 Å². The Morgan fingerprint density at radius 3 is 0.992 bits per heavy atom. The van der Waals surface area contributed by atoms with Crippen LogP contribution in [0.3, 0.4) is 0 Å². The number of aromatic nitrogens is 3. The summed E-state index contributed by atoms with van der Waals surface area (Å²) in [6.45, 7) is 4.43. The molecule has 19 rings (SSSR count). The SMILES string of the molecule is COC(=O)CCc1ccc(Br)cc1.COC(=O)CCc1ccc(N2C[C@@H]3C[C@H]2C[C@H]3OCc2c(-c3c(Cl)cccc3Cl)noc2C2CC2)cc1.Clc1cccc(Cl)c1-c1noc(C2CC2)c1CO[C@@H]1C[C@@H]2C[C@H]1CN2.I.O=C(O)CCc1ccc(Br)cc1.O=C(O)CCc1ccc(N2C[C@@H]3C[C@H]2C[C@H]3OCc2c(-c3c(Cl)cccc3Cl)noc2C2CC2)cc1. The molecule has 6 saturated carbocycles. The van der Waals surface area contributed by atoms with Gasteiger partial charge in [-0.3, -0.25) is 19.2 Å². The van der Waals surface area contributed by atoms with Gasteiger partial charge in [-0.2, -0.15) is 0 Å². The Morgan fingerprint density at radius 2 is 0.726 bits per heavy atom. The van der Waals surface area contributed by atoms with Crippen LogP contribution in [0.15, 0.2) is 174 Å². The first-order chi connectivity index (χ1) is 59.6. The lowest BCUT2D eigenvalue weighted by Crippen LogP contribution is -2.38. The zero-order chi connectivity index (χ0) is 86.0. The highest BCUT2D eigenvalue weighted by Crippen LogP contribution is 2.52. The van der Waals surface area contributed by atoms with Crippen LogP contribution < -0.4 is 15.1 Å². The van der Waals surface area contributed by atoms with Crippen molar-refractivity contribution in [2.75, 3.05) is 43.7 Å². The fraction of sp³-hybridized carbons (Fsp3) is 0.421. The van der Waals surface area contributed by atoms with Gasteiger partial charge in [0.15, 0.2) is 0 Å².